The maximum atomic E-state index is 12.5. The lowest BCUT2D eigenvalue weighted by molar-refractivity contribution is -0.151. The summed E-state index contributed by atoms with van der Waals surface area (Å²) in [5.74, 6) is -2.13. The molecule has 0 saturated carbocycles. The number of nitrogens with one attached hydrogen (secondary N) is 2. The second kappa shape index (κ2) is 10.5. The van der Waals surface area contributed by atoms with E-state index in [9.17, 15) is 19.2 Å². The van der Waals surface area contributed by atoms with Gasteiger partial charge in [0.2, 0.25) is 5.91 Å². The Hall–Kier alpha value is -4.08. The van der Waals surface area contributed by atoms with Crippen molar-refractivity contribution in [2.24, 2.45) is 5.92 Å². The third kappa shape index (κ3) is 6.00. The van der Waals surface area contributed by atoms with Gasteiger partial charge in [0.25, 0.3) is 11.8 Å². The summed E-state index contributed by atoms with van der Waals surface area (Å²) in [7, 11) is 2.92. The summed E-state index contributed by atoms with van der Waals surface area (Å²) in [6.07, 6.45) is -0.134. The summed E-state index contributed by atoms with van der Waals surface area (Å²) in [6.45, 7) is 1.36. The molecule has 0 spiro atoms. The first-order valence-electron chi connectivity index (χ1n) is 10.2. The fraction of sp³-hybridized carbons (Fsp3) is 0.304. The van der Waals surface area contributed by atoms with Crippen LogP contribution in [0.25, 0.3) is 0 Å². The number of rotatable bonds is 8. The van der Waals surface area contributed by atoms with E-state index in [0.29, 0.717) is 17.2 Å². The summed E-state index contributed by atoms with van der Waals surface area (Å²) in [5.41, 5.74) is 4.30. The first kappa shape index (κ1) is 23.6. The Kier molecular flexibility index (Phi) is 7.50. The van der Waals surface area contributed by atoms with Crippen LogP contribution in [0.5, 0.6) is 11.5 Å². The van der Waals surface area contributed by atoms with Crippen LogP contribution in [0.4, 0.5) is 5.69 Å². The number of hydrogen-bond acceptors (Lipinski definition) is 7. The predicted molar refractivity (Wildman–Crippen MR) is 118 cm³/mol. The van der Waals surface area contributed by atoms with Gasteiger partial charge in [0, 0.05) is 17.7 Å². The van der Waals surface area contributed by atoms with Crippen LogP contribution in [-0.4, -0.2) is 56.1 Å². The number of ether oxygens (including phenoxy) is 3. The molecule has 3 rings (SSSR count). The van der Waals surface area contributed by atoms with Gasteiger partial charge in [0.1, 0.15) is 0 Å². The van der Waals surface area contributed by atoms with Gasteiger partial charge in [0.05, 0.1) is 26.7 Å². The molecule has 2 aromatic carbocycles. The average Bonchev–Trinajstić information content (AvgIpc) is 3.17. The van der Waals surface area contributed by atoms with Crippen molar-refractivity contribution in [1.29, 1.82) is 0 Å². The van der Waals surface area contributed by atoms with Crippen LogP contribution in [0.1, 0.15) is 22.3 Å². The monoisotopic (exact) mass is 455 g/mol. The van der Waals surface area contributed by atoms with Crippen molar-refractivity contribution in [3.63, 3.8) is 0 Å². The van der Waals surface area contributed by atoms with E-state index < -0.39 is 36.2 Å². The van der Waals surface area contributed by atoms with E-state index in [2.05, 4.69) is 10.7 Å². The fourth-order valence-corrected chi connectivity index (χ4v) is 3.31. The third-order valence-electron chi connectivity index (χ3n) is 4.99. The van der Waals surface area contributed by atoms with Gasteiger partial charge >= 0.3 is 5.97 Å². The highest BCUT2D eigenvalue weighted by molar-refractivity contribution is 5.97. The Morgan fingerprint density at radius 1 is 1.06 bits per heavy atom. The molecule has 1 atom stereocenters. The summed E-state index contributed by atoms with van der Waals surface area (Å²) in [4.78, 5) is 49.2. The van der Waals surface area contributed by atoms with Crippen molar-refractivity contribution >= 4 is 29.4 Å². The highest BCUT2D eigenvalue weighted by Gasteiger charge is 2.36. The highest BCUT2D eigenvalue weighted by atomic mass is 16.5. The number of esters is 1. The minimum absolute atomic E-state index is 0.0593. The molecular weight excluding hydrogens is 430 g/mol. The first-order chi connectivity index (χ1) is 15.8. The van der Waals surface area contributed by atoms with E-state index in [-0.39, 0.29) is 18.5 Å². The Morgan fingerprint density at radius 2 is 1.82 bits per heavy atom. The number of carbonyl (C=O) groups excluding carboxylic acids is 4. The van der Waals surface area contributed by atoms with Gasteiger partial charge in [-0.05, 0) is 42.8 Å². The molecule has 1 aliphatic heterocycles. The average molecular weight is 455 g/mol. The number of methoxy groups -OCH3 is 2. The van der Waals surface area contributed by atoms with Crippen molar-refractivity contribution in [3.05, 3.63) is 53.6 Å². The summed E-state index contributed by atoms with van der Waals surface area (Å²) in [6, 6.07) is 11.8. The predicted octanol–water partition coefficient (Wildman–Crippen LogP) is 1.69. The van der Waals surface area contributed by atoms with Gasteiger partial charge in [-0.3, -0.25) is 29.6 Å². The van der Waals surface area contributed by atoms with Crippen LogP contribution in [0.3, 0.4) is 0 Å². The van der Waals surface area contributed by atoms with Crippen molar-refractivity contribution in [2.45, 2.75) is 13.3 Å². The smallest absolute Gasteiger partial charge is 0.311 e. The van der Waals surface area contributed by atoms with Crippen LogP contribution in [0.2, 0.25) is 0 Å². The molecule has 0 aliphatic carbocycles. The van der Waals surface area contributed by atoms with E-state index in [4.69, 9.17) is 14.2 Å². The van der Waals surface area contributed by atoms with E-state index in [1.165, 1.54) is 26.4 Å². The summed E-state index contributed by atoms with van der Waals surface area (Å²) >= 11 is 0. The molecule has 0 radical (unpaired) electrons. The molecule has 33 heavy (non-hydrogen) atoms. The van der Waals surface area contributed by atoms with E-state index in [1.54, 1.807) is 24.3 Å². The molecule has 0 unspecified atom stereocenters. The zero-order valence-corrected chi connectivity index (χ0v) is 18.5. The Labute approximate surface area is 190 Å². The number of aryl methyl sites for hydroxylation is 1. The molecule has 1 saturated heterocycles. The molecule has 10 heteroatoms. The van der Waals surface area contributed by atoms with Crippen LogP contribution in [-0.2, 0) is 19.1 Å². The zero-order chi connectivity index (χ0) is 24.0. The lowest BCUT2D eigenvalue weighted by atomic mass is 10.1. The lowest BCUT2D eigenvalue weighted by Crippen LogP contribution is -2.43. The lowest BCUT2D eigenvalue weighted by Gasteiger charge is -2.18. The SMILES string of the molecule is COc1ccc(C(=O)NN2C[C@H](C(=O)OCC(=O)Nc3cccc(C)c3)CC2=O)cc1OC. The van der Waals surface area contributed by atoms with Crippen molar-refractivity contribution in [3.8, 4) is 11.5 Å². The van der Waals surface area contributed by atoms with Crippen molar-refractivity contribution < 1.29 is 33.4 Å². The van der Waals surface area contributed by atoms with Gasteiger partial charge in [-0.2, -0.15) is 0 Å². The molecule has 1 fully saturated rings. The maximum Gasteiger partial charge on any atom is 0.311 e. The molecule has 1 heterocycles. The van der Waals surface area contributed by atoms with Gasteiger partial charge in [-0.15, -0.1) is 0 Å². The molecule has 1 aliphatic rings. The normalized spacial score (nSPS) is 15.1. The Balaban J connectivity index is 1.51. The molecular formula is C23H25N3O7. The molecule has 174 valence electrons. The minimum Gasteiger partial charge on any atom is -0.493 e. The number of nitrogens with zero attached hydrogens (tertiary/aromatic N) is 1. The standard InChI is InChI=1S/C23H25N3O7/c1-14-5-4-6-17(9-14)24-20(27)13-33-23(30)16-11-21(28)26(12-16)25-22(29)15-7-8-18(31-2)19(10-15)32-3/h4-10,16H,11-13H2,1-3H3,(H,24,27)(H,25,29)/t16-/m1/s1. The third-order valence-corrected chi connectivity index (χ3v) is 4.99. The number of anilines is 1. The molecule has 2 aromatic rings. The quantitative estimate of drug-likeness (QED) is 0.581. The largest absolute Gasteiger partial charge is 0.493 e. The number of carbonyl (C=O) groups is 4. The number of benzene rings is 2. The van der Waals surface area contributed by atoms with Gasteiger partial charge in [-0.1, -0.05) is 12.1 Å². The number of amides is 3. The number of hydrazine groups is 1. The summed E-state index contributed by atoms with van der Waals surface area (Å²) < 4.78 is 15.4. The Morgan fingerprint density at radius 3 is 2.52 bits per heavy atom. The minimum atomic E-state index is -0.796. The van der Waals surface area contributed by atoms with E-state index in [1.807, 2.05) is 13.0 Å². The molecule has 0 bridgehead atoms. The second-order valence-electron chi connectivity index (χ2n) is 7.44. The van der Waals surface area contributed by atoms with E-state index in [0.717, 1.165) is 10.6 Å². The van der Waals surface area contributed by atoms with Gasteiger partial charge < -0.3 is 19.5 Å². The first-order valence-corrected chi connectivity index (χ1v) is 10.2. The van der Waals surface area contributed by atoms with E-state index >= 15 is 0 Å². The molecule has 3 amide bonds. The van der Waals surface area contributed by atoms with Crippen LogP contribution < -0.4 is 20.2 Å². The van der Waals surface area contributed by atoms with Crippen molar-refractivity contribution in [1.82, 2.24) is 10.4 Å². The van der Waals surface area contributed by atoms with Gasteiger partial charge in [-0.25, -0.2) is 0 Å². The maximum absolute atomic E-state index is 12.5. The summed E-state index contributed by atoms with van der Waals surface area (Å²) in [5, 5.41) is 3.71. The van der Waals surface area contributed by atoms with Crippen LogP contribution in [0, 0.1) is 12.8 Å². The second-order valence-corrected chi connectivity index (χ2v) is 7.44. The molecule has 0 aromatic heterocycles. The van der Waals surface area contributed by atoms with Crippen LogP contribution >= 0.6 is 0 Å². The Bertz CT molecular complexity index is 1070. The topological polar surface area (TPSA) is 123 Å². The van der Waals surface area contributed by atoms with Crippen molar-refractivity contribution in [2.75, 3.05) is 32.7 Å². The molecule has 2 N–H and O–H groups in total. The van der Waals surface area contributed by atoms with Crippen LogP contribution in [0.15, 0.2) is 42.5 Å². The van der Waals surface area contributed by atoms with Gasteiger partial charge in [0.15, 0.2) is 18.1 Å². The highest BCUT2D eigenvalue weighted by Crippen LogP contribution is 2.27. The number of hydrogen-bond donors (Lipinski definition) is 2. The molecule has 10 nitrogen and oxygen atoms in total. The zero-order valence-electron chi connectivity index (χ0n) is 18.5. The fourth-order valence-electron chi connectivity index (χ4n) is 3.31.